The van der Waals surface area contributed by atoms with E-state index < -0.39 is 0 Å². The molecule has 178 valence electrons. The van der Waals surface area contributed by atoms with Crippen LogP contribution in [0.5, 0.6) is 5.75 Å². The van der Waals surface area contributed by atoms with E-state index in [4.69, 9.17) is 14.7 Å². The fourth-order valence-electron chi connectivity index (χ4n) is 5.63. The molecule has 36 heavy (non-hydrogen) atoms. The number of nitrogens with one attached hydrogen (secondary N) is 1. The number of benzene rings is 4. The molecule has 2 aliphatic rings. The Kier molecular flexibility index (Phi) is 4.62. The zero-order chi connectivity index (χ0) is 24.6. The largest absolute Gasteiger partial charge is 0.487 e. The Labute approximate surface area is 211 Å². The van der Waals surface area contributed by atoms with Gasteiger partial charge in [-0.15, -0.1) is 0 Å². The summed E-state index contributed by atoms with van der Waals surface area (Å²) in [6.45, 7) is 9.31. The van der Waals surface area contributed by atoms with Crippen molar-refractivity contribution < 1.29 is 4.74 Å². The number of aromatic nitrogens is 2. The van der Waals surface area contributed by atoms with Gasteiger partial charge < -0.3 is 9.72 Å². The van der Waals surface area contributed by atoms with Gasteiger partial charge in [0, 0.05) is 29.0 Å². The van der Waals surface area contributed by atoms with Crippen LogP contribution in [0.1, 0.15) is 50.7 Å². The van der Waals surface area contributed by atoms with Crippen molar-refractivity contribution in [2.24, 2.45) is 10.9 Å². The Morgan fingerprint density at radius 2 is 1.58 bits per heavy atom. The third-order valence-electron chi connectivity index (χ3n) is 7.67. The second kappa shape index (κ2) is 7.79. The minimum Gasteiger partial charge on any atom is -0.487 e. The predicted octanol–water partition coefficient (Wildman–Crippen LogP) is 8.35. The molecule has 0 amide bonds. The van der Waals surface area contributed by atoms with Crippen LogP contribution in [0.4, 0.5) is 5.69 Å². The summed E-state index contributed by atoms with van der Waals surface area (Å²) in [5.74, 6) is 2.72. The predicted molar refractivity (Wildman–Crippen MR) is 149 cm³/mol. The number of rotatable bonds is 3. The highest BCUT2D eigenvalue weighted by Crippen LogP contribution is 2.44. The van der Waals surface area contributed by atoms with E-state index in [1.165, 1.54) is 38.4 Å². The standard InChI is InChI=1S/C32H29N3O/c1-17(2)27-15-26-22-11-9-19(13-25(22)21-7-5-6-8-23(21)30(26)33-27)20-10-12-24-29(14-20)36-16-28-31(24)35-32(34-28)18(3)4/h5-14,17-18H,15-16H2,1-4H3,(H,34,35). The third-order valence-corrected chi connectivity index (χ3v) is 7.67. The third kappa shape index (κ3) is 3.13. The van der Waals surface area contributed by atoms with Gasteiger partial charge in [-0.1, -0.05) is 70.2 Å². The molecule has 3 heterocycles. The zero-order valence-corrected chi connectivity index (χ0v) is 21.1. The van der Waals surface area contributed by atoms with Gasteiger partial charge in [-0.3, -0.25) is 4.99 Å². The summed E-state index contributed by atoms with van der Waals surface area (Å²) in [4.78, 5) is 13.4. The second-order valence-electron chi connectivity index (χ2n) is 10.7. The van der Waals surface area contributed by atoms with E-state index in [9.17, 15) is 0 Å². The van der Waals surface area contributed by atoms with E-state index in [1.807, 2.05) is 0 Å². The highest BCUT2D eigenvalue weighted by molar-refractivity contribution is 6.18. The summed E-state index contributed by atoms with van der Waals surface area (Å²) in [6.07, 6.45) is 0.935. The van der Waals surface area contributed by atoms with Crippen LogP contribution in [0.3, 0.4) is 0 Å². The summed E-state index contributed by atoms with van der Waals surface area (Å²) in [5, 5.41) is 5.10. The van der Waals surface area contributed by atoms with Crippen LogP contribution in [0.2, 0.25) is 0 Å². The molecule has 0 aliphatic carbocycles. The van der Waals surface area contributed by atoms with E-state index in [0.717, 1.165) is 46.2 Å². The number of aliphatic imine (C=N–C) groups is 1. The summed E-state index contributed by atoms with van der Waals surface area (Å²) < 4.78 is 6.17. The lowest BCUT2D eigenvalue weighted by molar-refractivity contribution is 0.298. The minimum absolute atomic E-state index is 0.356. The van der Waals surface area contributed by atoms with Gasteiger partial charge in [-0.05, 0) is 57.0 Å². The summed E-state index contributed by atoms with van der Waals surface area (Å²) in [7, 11) is 0. The summed E-state index contributed by atoms with van der Waals surface area (Å²) in [5.41, 5.74) is 9.29. The van der Waals surface area contributed by atoms with Crippen LogP contribution in [-0.4, -0.2) is 15.7 Å². The van der Waals surface area contributed by atoms with Gasteiger partial charge in [-0.25, -0.2) is 4.98 Å². The Balaban J connectivity index is 1.36. The molecule has 1 N–H and O–H groups in total. The van der Waals surface area contributed by atoms with Crippen LogP contribution < -0.4 is 4.74 Å². The van der Waals surface area contributed by atoms with Crippen molar-refractivity contribution in [2.75, 3.05) is 0 Å². The minimum atomic E-state index is 0.356. The Morgan fingerprint density at radius 3 is 2.39 bits per heavy atom. The molecule has 0 saturated heterocycles. The van der Waals surface area contributed by atoms with E-state index in [2.05, 4.69) is 93.3 Å². The Morgan fingerprint density at radius 1 is 0.806 bits per heavy atom. The van der Waals surface area contributed by atoms with Crippen LogP contribution in [0.15, 0.2) is 65.7 Å². The smallest absolute Gasteiger partial charge is 0.130 e. The van der Waals surface area contributed by atoms with Gasteiger partial charge in [-0.2, -0.15) is 0 Å². The van der Waals surface area contributed by atoms with Crippen molar-refractivity contribution in [3.63, 3.8) is 0 Å². The molecule has 4 nitrogen and oxygen atoms in total. The molecule has 7 rings (SSSR count). The first-order valence-corrected chi connectivity index (χ1v) is 12.9. The van der Waals surface area contributed by atoms with Gasteiger partial charge in [0.05, 0.1) is 17.1 Å². The quantitative estimate of drug-likeness (QED) is 0.269. The Bertz CT molecular complexity index is 1720. The van der Waals surface area contributed by atoms with Gasteiger partial charge in [0.15, 0.2) is 0 Å². The van der Waals surface area contributed by atoms with E-state index >= 15 is 0 Å². The molecule has 0 spiro atoms. The molecule has 0 radical (unpaired) electrons. The maximum atomic E-state index is 6.17. The van der Waals surface area contributed by atoms with Gasteiger partial charge >= 0.3 is 0 Å². The normalized spacial score (nSPS) is 14.2. The number of nitrogens with zero attached hydrogens (tertiary/aromatic N) is 2. The van der Waals surface area contributed by atoms with Gasteiger partial charge in [0.2, 0.25) is 0 Å². The second-order valence-corrected chi connectivity index (χ2v) is 10.7. The average Bonchev–Trinajstić information content (AvgIpc) is 3.54. The molecule has 0 unspecified atom stereocenters. The Hall–Kier alpha value is -3.92. The van der Waals surface area contributed by atoms with Crippen molar-refractivity contribution in [1.29, 1.82) is 0 Å². The number of hydrogen-bond donors (Lipinski definition) is 1. The number of imidazole rings is 1. The molecule has 4 aromatic carbocycles. The zero-order valence-electron chi connectivity index (χ0n) is 21.1. The highest BCUT2D eigenvalue weighted by atomic mass is 16.5. The van der Waals surface area contributed by atoms with E-state index in [-0.39, 0.29) is 0 Å². The lowest BCUT2D eigenvalue weighted by Gasteiger charge is -2.18. The SMILES string of the molecule is CC(C)C1=Nc2c(c3ccc(-c4ccc5c(c4)OCc4[nH]c(C(C)C)nc4-5)cc3c3ccccc23)C1. The average molecular weight is 472 g/mol. The van der Waals surface area contributed by atoms with Crippen LogP contribution >= 0.6 is 0 Å². The first-order valence-electron chi connectivity index (χ1n) is 12.9. The first-order chi connectivity index (χ1) is 17.5. The van der Waals surface area contributed by atoms with Crippen molar-refractivity contribution >= 4 is 32.9 Å². The van der Waals surface area contributed by atoms with Gasteiger partial charge in [0.25, 0.3) is 0 Å². The molecular formula is C32H29N3O. The first kappa shape index (κ1) is 21.4. The molecule has 2 aliphatic heterocycles. The summed E-state index contributed by atoms with van der Waals surface area (Å²) >= 11 is 0. The maximum Gasteiger partial charge on any atom is 0.130 e. The molecule has 0 bridgehead atoms. The number of fused-ring (bicyclic) bond motifs is 9. The van der Waals surface area contributed by atoms with E-state index in [1.54, 1.807) is 0 Å². The fraction of sp³-hybridized carbons (Fsp3) is 0.250. The molecule has 1 aromatic heterocycles. The number of aromatic amines is 1. The molecule has 0 atom stereocenters. The van der Waals surface area contributed by atoms with E-state index in [0.29, 0.717) is 18.4 Å². The number of ether oxygens (including phenoxy) is 1. The molecule has 5 aromatic rings. The molecule has 4 heteroatoms. The number of H-pyrrole nitrogens is 1. The maximum absolute atomic E-state index is 6.17. The lowest BCUT2D eigenvalue weighted by Crippen LogP contribution is -2.06. The molecule has 0 fully saturated rings. The van der Waals surface area contributed by atoms with Crippen molar-refractivity contribution in [1.82, 2.24) is 9.97 Å². The lowest BCUT2D eigenvalue weighted by atomic mass is 9.90. The van der Waals surface area contributed by atoms with Crippen molar-refractivity contribution in [2.45, 2.75) is 46.6 Å². The van der Waals surface area contributed by atoms with Crippen LogP contribution in [-0.2, 0) is 13.0 Å². The highest BCUT2D eigenvalue weighted by Gasteiger charge is 2.25. The monoisotopic (exact) mass is 471 g/mol. The van der Waals surface area contributed by atoms with Crippen molar-refractivity contribution in [3.05, 3.63) is 77.7 Å². The van der Waals surface area contributed by atoms with Crippen LogP contribution in [0.25, 0.3) is 43.9 Å². The van der Waals surface area contributed by atoms with Crippen molar-refractivity contribution in [3.8, 4) is 28.1 Å². The molecule has 0 saturated carbocycles. The molecular weight excluding hydrogens is 442 g/mol. The topological polar surface area (TPSA) is 50.3 Å². The van der Waals surface area contributed by atoms with Gasteiger partial charge in [0.1, 0.15) is 18.2 Å². The van der Waals surface area contributed by atoms with Crippen LogP contribution in [0, 0.1) is 5.92 Å². The number of hydrogen-bond acceptors (Lipinski definition) is 3. The fourth-order valence-corrected chi connectivity index (χ4v) is 5.63. The summed E-state index contributed by atoms with van der Waals surface area (Å²) in [6, 6.07) is 22.1.